The van der Waals surface area contributed by atoms with E-state index in [1.807, 2.05) is 30.3 Å². The van der Waals surface area contributed by atoms with Crippen molar-refractivity contribution in [2.75, 3.05) is 17.3 Å². The largest absolute Gasteiger partial charge is 0.494 e. The number of rotatable bonds is 7. The standard InChI is InChI=1S/C17H18Br2O/c18-13-17(14-19,15-7-3-1-4-8-15)11-12-20-16-9-5-2-6-10-16/h1-10H,11-14H2. The zero-order valence-electron chi connectivity index (χ0n) is 11.3. The molecular weight excluding hydrogens is 380 g/mol. The van der Waals surface area contributed by atoms with Gasteiger partial charge >= 0.3 is 0 Å². The van der Waals surface area contributed by atoms with Gasteiger partial charge in [0.1, 0.15) is 5.75 Å². The molecule has 0 aliphatic carbocycles. The molecule has 0 heterocycles. The van der Waals surface area contributed by atoms with Gasteiger partial charge in [-0.2, -0.15) is 0 Å². The summed E-state index contributed by atoms with van der Waals surface area (Å²) in [5, 5.41) is 1.82. The number of ether oxygens (including phenoxy) is 1. The van der Waals surface area contributed by atoms with E-state index in [1.54, 1.807) is 0 Å². The molecule has 2 aromatic rings. The number of alkyl halides is 2. The quantitative estimate of drug-likeness (QED) is 0.584. The van der Waals surface area contributed by atoms with Crippen LogP contribution in [0.25, 0.3) is 0 Å². The van der Waals surface area contributed by atoms with Gasteiger partial charge in [-0.25, -0.2) is 0 Å². The average Bonchev–Trinajstić information content (AvgIpc) is 2.54. The predicted octanol–water partition coefficient (Wildman–Crippen LogP) is 5.18. The highest BCUT2D eigenvalue weighted by Gasteiger charge is 2.29. The van der Waals surface area contributed by atoms with E-state index in [-0.39, 0.29) is 5.41 Å². The third-order valence-electron chi connectivity index (χ3n) is 3.49. The summed E-state index contributed by atoms with van der Waals surface area (Å²) in [5.74, 6) is 0.929. The summed E-state index contributed by atoms with van der Waals surface area (Å²) >= 11 is 7.34. The van der Waals surface area contributed by atoms with Gasteiger partial charge in [-0.1, -0.05) is 80.4 Å². The van der Waals surface area contributed by atoms with Crippen molar-refractivity contribution in [3.63, 3.8) is 0 Å². The summed E-state index contributed by atoms with van der Waals surface area (Å²) in [6.07, 6.45) is 0.961. The highest BCUT2D eigenvalue weighted by molar-refractivity contribution is 9.09. The van der Waals surface area contributed by atoms with Crippen LogP contribution in [-0.4, -0.2) is 17.3 Å². The lowest BCUT2D eigenvalue weighted by Gasteiger charge is -2.30. The van der Waals surface area contributed by atoms with Crippen LogP contribution in [0, 0.1) is 0 Å². The minimum absolute atomic E-state index is 0.0655. The van der Waals surface area contributed by atoms with E-state index in [4.69, 9.17) is 4.74 Å². The zero-order chi connectivity index (χ0) is 14.3. The van der Waals surface area contributed by atoms with Crippen LogP contribution in [0.15, 0.2) is 60.7 Å². The first-order valence-corrected chi connectivity index (χ1v) is 8.90. The lowest BCUT2D eigenvalue weighted by molar-refractivity contribution is 0.277. The van der Waals surface area contributed by atoms with Gasteiger partial charge in [-0.3, -0.25) is 0 Å². The Balaban J connectivity index is 2.03. The van der Waals surface area contributed by atoms with Crippen molar-refractivity contribution in [1.29, 1.82) is 0 Å². The lowest BCUT2D eigenvalue weighted by Crippen LogP contribution is -2.32. The summed E-state index contributed by atoms with van der Waals surface area (Å²) < 4.78 is 5.85. The van der Waals surface area contributed by atoms with Gasteiger partial charge in [0.2, 0.25) is 0 Å². The maximum atomic E-state index is 5.85. The van der Waals surface area contributed by atoms with Crippen LogP contribution in [0.2, 0.25) is 0 Å². The Bertz CT molecular complexity index is 495. The molecule has 0 aliphatic heterocycles. The molecular formula is C17H18Br2O. The fourth-order valence-electron chi connectivity index (χ4n) is 2.14. The van der Waals surface area contributed by atoms with Crippen LogP contribution < -0.4 is 4.74 Å². The van der Waals surface area contributed by atoms with Crippen molar-refractivity contribution < 1.29 is 4.74 Å². The zero-order valence-corrected chi connectivity index (χ0v) is 14.4. The molecule has 0 unspecified atom stereocenters. The summed E-state index contributed by atoms with van der Waals surface area (Å²) in [6, 6.07) is 20.6. The smallest absolute Gasteiger partial charge is 0.119 e. The Morgan fingerprint density at radius 2 is 1.35 bits per heavy atom. The molecule has 0 fully saturated rings. The number of hydrogen-bond donors (Lipinski definition) is 0. The molecule has 0 amide bonds. The third-order valence-corrected chi connectivity index (χ3v) is 5.64. The van der Waals surface area contributed by atoms with Gasteiger partial charge in [0.15, 0.2) is 0 Å². The van der Waals surface area contributed by atoms with Crippen LogP contribution in [0.4, 0.5) is 0 Å². The van der Waals surface area contributed by atoms with Crippen LogP contribution in [0.1, 0.15) is 12.0 Å². The van der Waals surface area contributed by atoms with E-state index in [2.05, 4.69) is 62.2 Å². The number of halogens is 2. The molecule has 2 aromatic carbocycles. The lowest BCUT2D eigenvalue weighted by atomic mass is 9.82. The fraction of sp³-hybridized carbons (Fsp3) is 0.294. The summed E-state index contributed by atoms with van der Waals surface area (Å²) in [4.78, 5) is 0. The summed E-state index contributed by atoms with van der Waals surface area (Å²) in [5.41, 5.74) is 1.40. The maximum Gasteiger partial charge on any atom is 0.119 e. The predicted molar refractivity (Wildman–Crippen MR) is 92.3 cm³/mol. The van der Waals surface area contributed by atoms with E-state index >= 15 is 0 Å². The van der Waals surface area contributed by atoms with Crippen molar-refractivity contribution in [3.8, 4) is 5.75 Å². The molecule has 1 nitrogen and oxygen atoms in total. The molecule has 2 rings (SSSR count). The number of para-hydroxylation sites is 1. The fourth-order valence-corrected chi connectivity index (χ4v) is 4.28. The van der Waals surface area contributed by atoms with E-state index in [0.717, 1.165) is 22.8 Å². The van der Waals surface area contributed by atoms with E-state index in [1.165, 1.54) is 5.56 Å². The van der Waals surface area contributed by atoms with E-state index in [0.29, 0.717) is 6.61 Å². The summed E-state index contributed by atoms with van der Waals surface area (Å²) in [7, 11) is 0. The SMILES string of the molecule is BrCC(CBr)(CCOc1ccccc1)c1ccccc1. The molecule has 0 bridgehead atoms. The Morgan fingerprint density at radius 1 is 0.800 bits per heavy atom. The third kappa shape index (κ3) is 3.86. The Hall–Kier alpha value is -0.800. The van der Waals surface area contributed by atoms with Crippen molar-refractivity contribution in [1.82, 2.24) is 0 Å². The molecule has 0 aromatic heterocycles. The van der Waals surface area contributed by atoms with Crippen LogP contribution in [0.3, 0.4) is 0 Å². The number of benzene rings is 2. The first-order chi connectivity index (χ1) is 9.80. The Morgan fingerprint density at radius 3 is 1.90 bits per heavy atom. The minimum Gasteiger partial charge on any atom is -0.494 e. The molecule has 0 saturated carbocycles. The highest BCUT2D eigenvalue weighted by Crippen LogP contribution is 2.32. The first kappa shape index (κ1) is 15.6. The van der Waals surface area contributed by atoms with Gasteiger partial charge in [0.25, 0.3) is 0 Å². The molecule has 0 N–H and O–H groups in total. The highest BCUT2D eigenvalue weighted by atomic mass is 79.9. The first-order valence-electron chi connectivity index (χ1n) is 6.66. The maximum absolute atomic E-state index is 5.85. The van der Waals surface area contributed by atoms with Crippen molar-refractivity contribution >= 4 is 31.9 Å². The Kier molecular flexibility index (Phi) is 6.11. The van der Waals surface area contributed by atoms with Crippen LogP contribution in [-0.2, 0) is 5.41 Å². The van der Waals surface area contributed by atoms with Crippen LogP contribution in [0.5, 0.6) is 5.75 Å². The van der Waals surface area contributed by atoms with E-state index in [9.17, 15) is 0 Å². The van der Waals surface area contributed by atoms with Gasteiger partial charge in [-0.05, 0) is 24.1 Å². The van der Waals surface area contributed by atoms with Gasteiger partial charge in [-0.15, -0.1) is 0 Å². The molecule has 0 radical (unpaired) electrons. The van der Waals surface area contributed by atoms with E-state index < -0.39 is 0 Å². The van der Waals surface area contributed by atoms with Gasteiger partial charge in [0.05, 0.1) is 6.61 Å². The second kappa shape index (κ2) is 7.84. The molecule has 0 spiro atoms. The van der Waals surface area contributed by atoms with Gasteiger partial charge < -0.3 is 4.74 Å². The monoisotopic (exact) mass is 396 g/mol. The molecule has 106 valence electrons. The topological polar surface area (TPSA) is 9.23 Å². The molecule has 0 aliphatic rings. The average molecular weight is 398 g/mol. The molecule has 0 saturated heterocycles. The molecule has 3 heteroatoms. The molecule has 20 heavy (non-hydrogen) atoms. The van der Waals surface area contributed by atoms with Crippen LogP contribution >= 0.6 is 31.9 Å². The second-order valence-corrected chi connectivity index (χ2v) is 5.95. The summed E-state index contributed by atoms with van der Waals surface area (Å²) in [6.45, 7) is 0.704. The normalized spacial score (nSPS) is 11.3. The van der Waals surface area contributed by atoms with Gasteiger partial charge in [0, 0.05) is 16.1 Å². The number of hydrogen-bond acceptors (Lipinski definition) is 1. The van der Waals surface area contributed by atoms with Crippen molar-refractivity contribution in [3.05, 3.63) is 66.2 Å². The Labute approximate surface area is 137 Å². The molecule has 0 atom stereocenters. The van der Waals surface area contributed by atoms with Crippen molar-refractivity contribution in [2.24, 2.45) is 0 Å². The minimum atomic E-state index is 0.0655. The van der Waals surface area contributed by atoms with Crippen molar-refractivity contribution in [2.45, 2.75) is 11.8 Å². The second-order valence-electron chi connectivity index (χ2n) is 4.83.